The highest BCUT2D eigenvalue weighted by Crippen LogP contribution is 2.19. The average Bonchev–Trinajstić information content (AvgIpc) is 2.82. The van der Waals surface area contributed by atoms with Crippen LogP contribution in [0.15, 0.2) is 18.3 Å². The van der Waals surface area contributed by atoms with E-state index < -0.39 is 18.1 Å². The Kier molecular flexibility index (Phi) is 4.64. The lowest BCUT2D eigenvalue weighted by Gasteiger charge is -2.25. The van der Waals surface area contributed by atoms with Crippen LogP contribution in [0.25, 0.3) is 0 Å². The number of carbonyl (C=O) groups is 2. The van der Waals surface area contributed by atoms with Crippen molar-refractivity contribution >= 4 is 29.3 Å². The number of likely N-dealkylation sites (N-methyl/N-ethyl adjacent to an activating group) is 1. The number of aliphatic carboxylic acids is 1. The number of aliphatic hydroxyl groups excluding tert-OH is 1. The maximum atomic E-state index is 12.2. The molecular formula is C13H16ClN3O4. The van der Waals surface area contributed by atoms with Crippen molar-refractivity contribution in [2.45, 2.75) is 18.6 Å². The van der Waals surface area contributed by atoms with E-state index >= 15 is 0 Å². The van der Waals surface area contributed by atoms with Crippen molar-refractivity contribution in [2.75, 3.05) is 25.0 Å². The number of rotatable bonds is 4. The molecule has 8 heteroatoms. The predicted octanol–water partition coefficient (Wildman–Crippen LogP) is 0.218. The first-order valence-electron chi connectivity index (χ1n) is 6.41. The molecule has 1 saturated heterocycles. The van der Waals surface area contributed by atoms with Crippen LogP contribution in [0.4, 0.5) is 5.82 Å². The zero-order valence-electron chi connectivity index (χ0n) is 11.4. The molecule has 1 aromatic heterocycles. The van der Waals surface area contributed by atoms with E-state index in [0.29, 0.717) is 10.8 Å². The Balaban J connectivity index is 2.03. The standard InChI is InChI=1S/C13H16ClN3O4/c1-16(11-3-2-8(14)5-15-11)7-12(19)17-6-9(18)4-10(17)13(20)21/h2-3,5,9-10,18H,4,6-7H2,1H3,(H,20,21)/t9?,10-/m0/s1. The summed E-state index contributed by atoms with van der Waals surface area (Å²) in [5.41, 5.74) is 0. The van der Waals surface area contributed by atoms with Crippen LogP contribution in [-0.4, -0.2) is 64.3 Å². The molecule has 2 atom stereocenters. The van der Waals surface area contributed by atoms with Crippen LogP contribution in [0.1, 0.15) is 6.42 Å². The van der Waals surface area contributed by atoms with Crippen LogP contribution in [0, 0.1) is 0 Å². The number of carboxylic acid groups (broad SMARTS) is 1. The predicted molar refractivity (Wildman–Crippen MR) is 76.3 cm³/mol. The SMILES string of the molecule is CN(CC(=O)N1CC(O)C[C@H]1C(=O)O)c1ccc(Cl)cn1. The van der Waals surface area contributed by atoms with Gasteiger partial charge in [-0.15, -0.1) is 0 Å². The Morgan fingerprint density at radius 1 is 1.52 bits per heavy atom. The van der Waals surface area contributed by atoms with Crippen LogP contribution in [-0.2, 0) is 9.59 Å². The van der Waals surface area contributed by atoms with Gasteiger partial charge in [-0.3, -0.25) is 4.79 Å². The Morgan fingerprint density at radius 2 is 2.24 bits per heavy atom. The fourth-order valence-corrected chi connectivity index (χ4v) is 2.40. The zero-order chi connectivity index (χ0) is 15.6. The molecule has 7 nitrogen and oxygen atoms in total. The van der Waals surface area contributed by atoms with E-state index in [0.717, 1.165) is 0 Å². The van der Waals surface area contributed by atoms with Crippen LogP contribution in [0.2, 0.25) is 5.02 Å². The third-order valence-corrected chi connectivity index (χ3v) is 3.58. The van der Waals surface area contributed by atoms with Gasteiger partial charge >= 0.3 is 5.97 Å². The molecule has 0 spiro atoms. The molecule has 0 radical (unpaired) electrons. The molecule has 114 valence electrons. The van der Waals surface area contributed by atoms with Gasteiger partial charge in [0, 0.05) is 26.2 Å². The van der Waals surface area contributed by atoms with Crippen molar-refractivity contribution < 1.29 is 19.8 Å². The van der Waals surface area contributed by atoms with Gasteiger partial charge in [0.1, 0.15) is 11.9 Å². The Bertz CT molecular complexity index is 537. The van der Waals surface area contributed by atoms with E-state index in [2.05, 4.69) is 4.98 Å². The van der Waals surface area contributed by atoms with Crippen molar-refractivity contribution in [1.82, 2.24) is 9.88 Å². The molecule has 1 aliphatic rings. The monoisotopic (exact) mass is 313 g/mol. The van der Waals surface area contributed by atoms with Crippen LogP contribution in [0.3, 0.4) is 0 Å². The number of hydrogen-bond donors (Lipinski definition) is 2. The second-order valence-electron chi connectivity index (χ2n) is 4.98. The average molecular weight is 314 g/mol. The van der Waals surface area contributed by atoms with Gasteiger partial charge < -0.3 is 20.0 Å². The molecule has 0 bridgehead atoms. The summed E-state index contributed by atoms with van der Waals surface area (Å²) in [4.78, 5) is 30.2. The number of anilines is 1. The molecule has 2 rings (SSSR count). The van der Waals surface area contributed by atoms with Crippen molar-refractivity contribution in [3.05, 3.63) is 23.4 Å². The Morgan fingerprint density at radius 3 is 2.81 bits per heavy atom. The molecule has 1 unspecified atom stereocenters. The van der Waals surface area contributed by atoms with Gasteiger partial charge in [0.25, 0.3) is 0 Å². The Hall–Kier alpha value is -1.86. The summed E-state index contributed by atoms with van der Waals surface area (Å²) in [6.45, 7) is 0.0167. The van der Waals surface area contributed by atoms with E-state index in [9.17, 15) is 14.7 Å². The number of hydrogen-bond acceptors (Lipinski definition) is 5. The maximum absolute atomic E-state index is 12.2. The molecule has 1 amide bonds. The summed E-state index contributed by atoms with van der Waals surface area (Å²) in [5, 5.41) is 19.1. The number of amides is 1. The second kappa shape index (κ2) is 6.28. The minimum atomic E-state index is -1.10. The van der Waals surface area contributed by atoms with Crippen molar-refractivity contribution in [3.8, 4) is 0 Å². The highest BCUT2D eigenvalue weighted by Gasteiger charge is 2.38. The number of likely N-dealkylation sites (tertiary alicyclic amines) is 1. The lowest BCUT2D eigenvalue weighted by molar-refractivity contribution is -0.147. The lowest BCUT2D eigenvalue weighted by Crippen LogP contribution is -2.45. The molecule has 0 aromatic carbocycles. The minimum absolute atomic E-state index is 0.0227. The number of β-amino-alcohol motifs (C(OH)–C–C–N with tert-alkyl or cyclic N) is 1. The van der Waals surface area contributed by atoms with Crippen molar-refractivity contribution in [1.29, 1.82) is 0 Å². The van der Waals surface area contributed by atoms with Crippen molar-refractivity contribution in [2.24, 2.45) is 0 Å². The summed E-state index contributed by atoms with van der Waals surface area (Å²) in [6, 6.07) is 2.35. The molecule has 0 aliphatic carbocycles. The van der Waals surface area contributed by atoms with Gasteiger partial charge in [-0.2, -0.15) is 0 Å². The molecule has 2 N–H and O–H groups in total. The smallest absolute Gasteiger partial charge is 0.326 e. The van der Waals surface area contributed by atoms with Crippen LogP contribution in [0.5, 0.6) is 0 Å². The number of halogens is 1. The number of carbonyl (C=O) groups excluding carboxylic acids is 1. The summed E-state index contributed by atoms with van der Waals surface area (Å²) in [5.74, 6) is -0.912. The third-order valence-electron chi connectivity index (χ3n) is 3.36. The quantitative estimate of drug-likeness (QED) is 0.826. The van der Waals surface area contributed by atoms with Gasteiger partial charge in [0.05, 0.1) is 17.7 Å². The summed E-state index contributed by atoms with van der Waals surface area (Å²) < 4.78 is 0. The van der Waals surface area contributed by atoms with E-state index in [-0.39, 0.29) is 25.4 Å². The zero-order valence-corrected chi connectivity index (χ0v) is 12.2. The second-order valence-corrected chi connectivity index (χ2v) is 5.42. The first-order chi connectivity index (χ1) is 9.88. The third kappa shape index (κ3) is 3.62. The van der Waals surface area contributed by atoms with E-state index in [4.69, 9.17) is 16.7 Å². The maximum Gasteiger partial charge on any atom is 0.326 e. The fraction of sp³-hybridized carbons (Fsp3) is 0.462. The summed E-state index contributed by atoms with van der Waals surface area (Å²) >= 11 is 5.75. The summed E-state index contributed by atoms with van der Waals surface area (Å²) in [7, 11) is 1.68. The first kappa shape index (κ1) is 15.5. The molecule has 1 fully saturated rings. The van der Waals surface area contributed by atoms with Gasteiger partial charge in [-0.25, -0.2) is 9.78 Å². The molecule has 1 aromatic rings. The van der Waals surface area contributed by atoms with E-state index in [1.165, 1.54) is 11.1 Å². The topological polar surface area (TPSA) is 94.0 Å². The van der Waals surface area contributed by atoms with Gasteiger partial charge in [-0.1, -0.05) is 11.6 Å². The van der Waals surface area contributed by atoms with Crippen LogP contribution < -0.4 is 4.90 Å². The molecule has 1 aliphatic heterocycles. The number of carboxylic acids is 1. The largest absolute Gasteiger partial charge is 0.480 e. The highest BCUT2D eigenvalue weighted by molar-refractivity contribution is 6.30. The first-order valence-corrected chi connectivity index (χ1v) is 6.79. The molecule has 0 saturated carbocycles. The number of aromatic nitrogens is 1. The summed E-state index contributed by atoms with van der Waals surface area (Å²) in [6.07, 6.45) is 0.732. The number of pyridine rings is 1. The van der Waals surface area contributed by atoms with Gasteiger partial charge in [0.2, 0.25) is 5.91 Å². The highest BCUT2D eigenvalue weighted by atomic mass is 35.5. The van der Waals surface area contributed by atoms with E-state index in [1.54, 1.807) is 24.1 Å². The van der Waals surface area contributed by atoms with Gasteiger partial charge in [-0.05, 0) is 12.1 Å². The molecule has 21 heavy (non-hydrogen) atoms. The van der Waals surface area contributed by atoms with Crippen molar-refractivity contribution in [3.63, 3.8) is 0 Å². The minimum Gasteiger partial charge on any atom is -0.480 e. The van der Waals surface area contributed by atoms with Gasteiger partial charge in [0.15, 0.2) is 0 Å². The molecule has 2 heterocycles. The lowest BCUT2D eigenvalue weighted by atomic mass is 10.2. The normalized spacial score (nSPS) is 21.4. The number of aliphatic hydroxyl groups is 1. The van der Waals surface area contributed by atoms with Crippen LogP contribution >= 0.6 is 11.6 Å². The van der Waals surface area contributed by atoms with E-state index in [1.807, 2.05) is 0 Å². The Labute approximate surface area is 126 Å². The number of nitrogens with zero attached hydrogens (tertiary/aromatic N) is 3. The fourth-order valence-electron chi connectivity index (χ4n) is 2.29. The molecular weight excluding hydrogens is 298 g/mol.